The van der Waals surface area contributed by atoms with Gasteiger partial charge in [0.15, 0.2) is 23.0 Å². The fraction of sp³-hybridized carbons (Fsp3) is 0.407. The predicted molar refractivity (Wildman–Crippen MR) is 132 cm³/mol. The van der Waals surface area contributed by atoms with Crippen molar-refractivity contribution >= 4 is 17.4 Å². The lowest BCUT2D eigenvalue weighted by atomic mass is 9.94. The number of amides is 1. The van der Waals surface area contributed by atoms with Gasteiger partial charge in [0.1, 0.15) is 32.1 Å². The first kappa shape index (κ1) is 24.9. The highest BCUT2D eigenvalue weighted by Crippen LogP contribution is 2.42. The Morgan fingerprint density at radius 3 is 2.43 bits per heavy atom. The van der Waals surface area contributed by atoms with Crippen LogP contribution in [-0.2, 0) is 14.3 Å². The topological polar surface area (TPSA) is 108 Å². The number of aliphatic hydroxyl groups excluding tert-OH is 1. The number of nitrogens with one attached hydrogen (secondary N) is 1. The second kappa shape index (κ2) is 10.7. The first-order valence-corrected chi connectivity index (χ1v) is 12.3. The molecule has 2 saturated heterocycles. The van der Waals surface area contributed by atoms with E-state index in [0.29, 0.717) is 73.6 Å². The second-order valence-electron chi connectivity index (χ2n) is 9.08. The average molecular weight is 512 g/mol. The van der Waals surface area contributed by atoms with Gasteiger partial charge < -0.3 is 38.6 Å². The molecule has 196 valence electrons. The highest BCUT2D eigenvalue weighted by Gasteiger charge is 2.46. The summed E-state index contributed by atoms with van der Waals surface area (Å²) >= 11 is 0. The maximum absolute atomic E-state index is 13.4. The number of carbonyl (C=O) groups excluding carboxylic acids is 2. The third kappa shape index (κ3) is 4.82. The third-order valence-corrected chi connectivity index (χ3v) is 6.99. The first-order chi connectivity index (χ1) is 18.0. The van der Waals surface area contributed by atoms with Gasteiger partial charge in [-0.25, -0.2) is 0 Å². The lowest BCUT2D eigenvalue weighted by Crippen LogP contribution is -3.14. The van der Waals surface area contributed by atoms with Crippen molar-refractivity contribution in [1.29, 1.82) is 0 Å². The number of Topliss-reactive ketones (excluding diaryl/α,β-unsaturated/α-hetero) is 1. The number of quaternary nitrogens is 1. The number of aliphatic hydroxyl groups is 1. The molecule has 0 bridgehead atoms. The number of ether oxygens (including phenoxy) is 5. The van der Waals surface area contributed by atoms with Gasteiger partial charge in [0.25, 0.3) is 11.7 Å². The van der Waals surface area contributed by atoms with Crippen molar-refractivity contribution in [3.05, 3.63) is 53.1 Å². The van der Waals surface area contributed by atoms with E-state index in [2.05, 4.69) is 0 Å². The fourth-order valence-electron chi connectivity index (χ4n) is 5.01. The van der Waals surface area contributed by atoms with Crippen LogP contribution in [0.25, 0.3) is 5.76 Å². The Kier molecular flexibility index (Phi) is 7.20. The van der Waals surface area contributed by atoms with E-state index >= 15 is 0 Å². The van der Waals surface area contributed by atoms with Crippen LogP contribution in [0.15, 0.2) is 42.0 Å². The molecule has 3 aliphatic heterocycles. The van der Waals surface area contributed by atoms with Gasteiger partial charge in [-0.15, -0.1) is 0 Å². The van der Waals surface area contributed by atoms with Crippen LogP contribution in [0.1, 0.15) is 17.2 Å². The van der Waals surface area contributed by atoms with Crippen LogP contribution < -0.4 is 23.8 Å². The molecule has 2 fully saturated rings. The largest absolute Gasteiger partial charge is 0.507 e. The van der Waals surface area contributed by atoms with Gasteiger partial charge in [-0.3, -0.25) is 9.59 Å². The first-order valence-electron chi connectivity index (χ1n) is 12.3. The number of benzene rings is 2. The number of hydrogen-bond donors (Lipinski definition) is 2. The van der Waals surface area contributed by atoms with Crippen molar-refractivity contribution in [3.8, 4) is 23.0 Å². The minimum absolute atomic E-state index is 0.0193. The maximum atomic E-state index is 13.4. The monoisotopic (exact) mass is 511 g/mol. The van der Waals surface area contributed by atoms with Crippen LogP contribution in [0.4, 0.5) is 0 Å². The SMILES string of the molecule is COc1ccc([C@H]2C(=C(O)c3ccc4c(c3)OCCO4)C(=O)C(=O)N2CC[NH+]2CCOCC2)cc1OC. The molecule has 0 aromatic heterocycles. The molecule has 10 nitrogen and oxygen atoms in total. The van der Waals surface area contributed by atoms with Crippen LogP contribution in [0.2, 0.25) is 0 Å². The second-order valence-corrected chi connectivity index (χ2v) is 9.08. The van der Waals surface area contributed by atoms with Crippen LogP contribution >= 0.6 is 0 Å². The number of carbonyl (C=O) groups is 2. The van der Waals surface area contributed by atoms with E-state index in [1.165, 1.54) is 24.0 Å². The Morgan fingerprint density at radius 1 is 0.973 bits per heavy atom. The summed E-state index contributed by atoms with van der Waals surface area (Å²) in [5.41, 5.74) is 1.02. The van der Waals surface area contributed by atoms with Crippen LogP contribution in [-0.4, -0.2) is 88.5 Å². The molecule has 5 rings (SSSR count). The summed E-state index contributed by atoms with van der Waals surface area (Å²) in [4.78, 5) is 29.5. The third-order valence-electron chi connectivity index (χ3n) is 6.99. The van der Waals surface area contributed by atoms with Crippen molar-refractivity contribution in [1.82, 2.24) is 4.90 Å². The fourth-order valence-corrected chi connectivity index (χ4v) is 5.01. The zero-order valence-electron chi connectivity index (χ0n) is 21.0. The van der Waals surface area contributed by atoms with Crippen molar-refractivity contribution in [2.75, 3.05) is 66.8 Å². The molecule has 2 aromatic rings. The molecule has 10 heteroatoms. The summed E-state index contributed by atoms with van der Waals surface area (Å²) in [6, 6.07) is 9.41. The molecule has 3 heterocycles. The molecule has 2 aromatic carbocycles. The smallest absolute Gasteiger partial charge is 0.295 e. The highest BCUT2D eigenvalue weighted by atomic mass is 16.6. The summed E-state index contributed by atoms with van der Waals surface area (Å²) in [6.45, 7) is 4.82. The zero-order chi connectivity index (χ0) is 25.9. The van der Waals surface area contributed by atoms with E-state index in [4.69, 9.17) is 23.7 Å². The van der Waals surface area contributed by atoms with Crippen molar-refractivity contribution < 1.29 is 43.3 Å². The number of nitrogens with zero attached hydrogens (tertiary/aromatic N) is 1. The Morgan fingerprint density at radius 2 is 1.70 bits per heavy atom. The summed E-state index contributed by atoms with van der Waals surface area (Å²) in [5, 5.41) is 11.4. The molecule has 0 unspecified atom stereocenters. The number of methoxy groups -OCH3 is 2. The summed E-state index contributed by atoms with van der Waals surface area (Å²) in [5.74, 6) is 0.375. The molecule has 1 atom stereocenters. The van der Waals surface area contributed by atoms with E-state index in [-0.39, 0.29) is 11.3 Å². The summed E-state index contributed by atoms with van der Waals surface area (Å²) in [7, 11) is 3.06. The van der Waals surface area contributed by atoms with E-state index in [9.17, 15) is 14.7 Å². The van der Waals surface area contributed by atoms with Gasteiger partial charge in [0, 0.05) is 5.56 Å². The molecule has 3 aliphatic rings. The lowest BCUT2D eigenvalue weighted by Gasteiger charge is -2.29. The van der Waals surface area contributed by atoms with Gasteiger partial charge in [0.2, 0.25) is 0 Å². The van der Waals surface area contributed by atoms with Gasteiger partial charge in [-0.1, -0.05) is 6.07 Å². The minimum atomic E-state index is -0.798. The number of hydrogen-bond acceptors (Lipinski definition) is 8. The number of rotatable bonds is 7. The minimum Gasteiger partial charge on any atom is -0.507 e. The average Bonchev–Trinajstić information content (AvgIpc) is 3.20. The molecule has 0 radical (unpaired) electrons. The molecular formula is C27H31N2O8+. The summed E-state index contributed by atoms with van der Waals surface area (Å²) in [6.07, 6.45) is 0. The van der Waals surface area contributed by atoms with Gasteiger partial charge >= 0.3 is 0 Å². The molecule has 0 spiro atoms. The molecule has 1 amide bonds. The lowest BCUT2D eigenvalue weighted by molar-refractivity contribution is -0.907. The highest BCUT2D eigenvalue weighted by molar-refractivity contribution is 6.46. The Labute approximate surface area is 214 Å². The maximum Gasteiger partial charge on any atom is 0.295 e. The predicted octanol–water partition coefficient (Wildman–Crippen LogP) is 0.812. The van der Waals surface area contributed by atoms with Crippen LogP contribution in [0.3, 0.4) is 0 Å². The molecule has 37 heavy (non-hydrogen) atoms. The Balaban J connectivity index is 1.57. The molecule has 0 saturated carbocycles. The number of morpholine rings is 1. The number of ketones is 1. The van der Waals surface area contributed by atoms with Crippen LogP contribution in [0, 0.1) is 0 Å². The van der Waals surface area contributed by atoms with E-state index < -0.39 is 17.7 Å². The van der Waals surface area contributed by atoms with Gasteiger partial charge in [0.05, 0.1) is 52.1 Å². The van der Waals surface area contributed by atoms with Crippen molar-refractivity contribution in [2.45, 2.75) is 6.04 Å². The van der Waals surface area contributed by atoms with E-state index in [1.54, 1.807) is 36.4 Å². The Hall–Kier alpha value is -3.76. The normalized spacial score (nSPS) is 21.2. The zero-order valence-corrected chi connectivity index (χ0v) is 21.0. The number of likely N-dealkylation sites (tertiary alicyclic amines) is 1. The molecule has 0 aliphatic carbocycles. The Bertz CT molecular complexity index is 1220. The standard InChI is InChI=1S/C27H30N2O8/c1-33-19-5-3-17(15-21(19)34-2)24-23(25(30)18-4-6-20-22(16-18)37-14-13-36-20)26(31)27(32)29(24)8-7-28-9-11-35-12-10-28/h3-6,15-16,24,30H,7-14H2,1-2H3/p+1/t24-/m0/s1. The van der Waals surface area contributed by atoms with Crippen molar-refractivity contribution in [3.63, 3.8) is 0 Å². The van der Waals surface area contributed by atoms with E-state index in [1.807, 2.05) is 0 Å². The van der Waals surface area contributed by atoms with Gasteiger partial charge in [-0.05, 0) is 35.9 Å². The molecular weight excluding hydrogens is 480 g/mol. The quantitative estimate of drug-likeness (QED) is 0.320. The summed E-state index contributed by atoms with van der Waals surface area (Å²) < 4.78 is 27.5. The van der Waals surface area contributed by atoms with Crippen LogP contribution in [0.5, 0.6) is 23.0 Å². The van der Waals surface area contributed by atoms with E-state index in [0.717, 1.165) is 13.1 Å². The van der Waals surface area contributed by atoms with Gasteiger partial charge in [-0.2, -0.15) is 0 Å². The van der Waals surface area contributed by atoms with Crippen molar-refractivity contribution in [2.24, 2.45) is 0 Å². The number of fused-ring (bicyclic) bond motifs is 1. The molecule has 2 N–H and O–H groups in total.